The van der Waals surface area contributed by atoms with Crippen molar-refractivity contribution < 1.29 is 13.9 Å². The number of halogens is 1. The Labute approximate surface area is 160 Å². The van der Waals surface area contributed by atoms with Crippen LogP contribution < -0.4 is 16.2 Å². The van der Waals surface area contributed by atoms with Gasteiger partial charge in [0.05, 0.1) is 18.2 Å². The minimum Gasteiger partial charge on any atom is -0.377 e. The van der Waals surface area contributed by atoms with Gasteiger partial charge in [0.2, 0.25) is 5.91 Å². The van der Waals surface area contributed by atoms with Gasteiger partial charge in [-0.3, -0.25) is 15.6 Å². The molecule has 9 unspecified atom stereocenters. The highest BCUT2D eigenvalue weighted by molar-refractivity contribution is 5.82. The summed E-state index contributed by atoms with van der Waals surface area (Å²) in [5.41, 5.74) is 6.89. The van der Waals surface area contributed by atoms with Gasteiger partial charge in [0, 0.05) is 37.7 Å². The van der Waals surface area contributed by atoms with E-state index in [9.17, 15) is 9.18 Å². The lowest BCUT2D eigenvalue weighted by Crippen LogP contribution is -2.54. The van der Waals surface area contributed by atoms with Gasteiger partial charge in [-0.05, 0) is 50.4 Å². The quantitative estimate of drug-likeness (QED) is 0.666. The van der Waals surface area contributed by atoms with E-state index in [1.165, 1.54) is 0 Å². The van der Waals surface area contributed by atoms with Gasteiger partial charge in [-0.25, -0.2) is 4.39 Å². The normalized spacial score (nSPS) is 49.9. The summed E-state index contributed by atoms with van der Waals surface area (Å²) in [6.45, 7) is 4.60. The first kappa shape index (κ1) is 18.3. The smallest absolute Gasteiger partial charge is 0.239 e. The van der Waals surface area contributed by atoms with Crippen molar-refractivity contribution in [3.63, 3.8) is 0 Å². The molecule has 1 saturated carbocycles. The van der Waals surface area contributed by atoms with Gasteiger partial charge < -0.3 is 15.0 Å². The molecule has 0 radical (unpaired) electrons. The van der Waals surface area contributed by atoms with Gasteiger partial charge in [0.15, 0.2) is 0 Å². The van der Waals surface area contributed by atoms with Crippen LogP contribution in [0.4, 0.5) is 4.39 Å². The standard InChI is InChI=1S/C20H33FN4O2/c1-11-7-12(21)8-16-13(11)9-17(22-16)20(26)25-5-4-15-14(10-25)19(24-23-15)18-3-2-6-27-18/h11-19,22-24H,2-10H2,1H3. The molecule has 27 heavy (non-hydrogen) atoms. The fourth-order valence-corrected chi connectivity index (χ4v) is 6.39. The molecule has 6 nitrogen and oxygen atoms in total. The van der Waals surface area contributed by atoms with E-state index in [1.54, 1.807) is 0 Å². The third-order valence-corrected chi connectivity index (χ3v) is 7.84. The van der Waals surface area contributed by atoms with Crippen LogP contribution in [-0.2, 0) is 9.53 Å². The van der Waals surface area contributed by atoms with Crippen molar-refractivity contribution in [3.05, 3.63) is 0 Å². The fraction of sp³-hybridized carbons (Fsp3) is 0.950. The van der Waals surface area contributed by atoms with E-state index < -0.39 is 6.17 Å². The van der Waals surface area contributed by atoms with Crippen molar-refractivity contribution in [2.24, 2.45) is 17.8 Å². The number of hydrogen-bond donors (Lipinski definition) is 3. The maximum Gasteiger partial charge on any atom is 0.239 e. The van der Waals surface area contributed by atoms with Crippen LogP contribution in [0, 0.1) is 17.8 Å². The fourth-order valence-electron chi connectivity index (χ4n) is 6.39. The van der Waals surface area contributed by atoms with Gasteiger partial charge >= 0.3 is 0 Å². The number of likely N-dealkylation sites (tertiary alicyclic amines) is 1. The van der Waals surface area contributed by atoms with Crippen LogP contribution >= 0.6 is 0 Å². The van der Waals surface area contributed by atoms with Crippen LogP contribution in [0.25, 0.3) is 0 Å². The SMILES string of the molecule is CC1CC(F)CC2NC(C(=O)N3CCC4NNC(C5CCCO5)C4C3)CC12. The number of amides is 1. The minimum absolute atomic E-state index is 0.132. The number of nitrogens with one attached hydrogen (secondary N) is 3. The largest absolute Gasteiger partial charge is 0.377 e. The molecule has 1 amide bonds. The average molecular weight is 381 g/mol. The van der Waals surface area contributed by atoms with Crippen molar-refractivity contribution in [1.82, 2.24) is 21.1 Å². The van der Waals surface area contributed by atoms with Crippen molar-refractivity contribution >= 4 is 5.91 Å². The van der Waals surface area contributed by atoms with Gasteiger partial charge in [0.1, 0.15) is 6.17 Å². The predicted molar refractivity (Wildman–Crippen MR) is 99.6 cm³/mol. The molecule has 5 fully saturated rings. The molecule has 7 heteroatoms. The molecule has 4 heterocycles. The number of ether oxygens (including phenoxy) is 1. The molecule has 0 aromatic carbocycles. The van der Waals surface area contributed by atoms with Gasteiger partial charge in [-0.1, -0.05) is 6.92 Å². The minimum atomic E-state index is -0.721. The summed E-state index contributed by atoms with van der Waals surface area (Å²) in [7, 11) is 0. The zero-order chi connectivity index (χ0) is 18.5. The highest BCUT2D eigenvalue weighted by atomic mass is 19.1. The Morgan fingerprint density at radius 2 is 2.00 bits per heavy atom. The second kappa shape index (κ2) is 7.25. The number of carbonyl (C=O) groups excluding carboxylic acids is 1. The Bertz CT molecular complexity index is 572. The van der Waals surface area contributed by atoms with E-state index in [0.717, 1.165) is 45.4 Å². The lowest BCUT2D eigenvalue weighted by atomic mass is 9.76. The molecule has 1 aliphatic carbocycles. The molecule has 5 rings (SSSR count). The Morgan fingerprint density at radius 3 is 2.81 bits per heavy atom. The molecule has 4 aliphatic heterocycles. The van der Waals surface area contributed by atoms with Gasteiger partial charge in [-0.15, -0.1) is 0 Å². The number of carbonyl (C=O) groups is 1. The summed E-state index contributed by atoms with van der Waals surface area (Å²) in [4.78, 5) is 15.3. The van der Waals surface area contributed by atoms with Crippen molar-refractivity contribution in [2.45, 2.75) is 81.9 Å². The second-order valence-corrected chi connectivity index (χ2v) is 9.48. The molecule has 0 bridgehead atoms. The van der Waals surface area contributed by atoms with Crippen LogP contribution in [-0.4, -0.2) is 66.9 Å². The molecule has 5 aliphatic rings. The Kier molecular flexibility index (Phi) is 4.91. The highest BCUT2D eigenvalue weighted by Gasteiger charge is 2.48. The zero-order valence-electron chi connectivity index (χ0n) is 16.2. The van der Waals surface area contributed by atoms with Crippen LogP contribution in [0.2, 0.25) is 0 Å². The number of hydrogen-bond acceptors (Lipinski definition) is 5. The molecular weight excluding hydrogens is 347 g/mol. The number of fused-ring (bicyclic) bond motifs is 2. The molecular formula is C20H33FN4O2. The molecule has 3 N–H and O–H groups in total. The lowest BCUT2D eigenvalue weighted by Gasteiger charge is -2.38. The van der Waals surface area contributed by atoms with Gasteiger partial charge in [-0.2, -0.15) is 0 Å². The maximum atomic E-state index is 13.9. The van der Waals surface area contributed by atoms with E-state index in [1.807, 2.05) is 0 Å². The van der Waals surface area contributed by atoms with Crippen LogP contribution in [0.3, 0.4) is 0 Å². The summed E-state index contributed by atoms with van der Waals surface area (Å²) < 4.78 is 19.8. The second-order valence-electron chi connectivity index (χ2n) is 9.48. The van der Waals surface area contributed by atoms with Gasteiger partial charge in [0.25, 0.3) is 0 Å². The monoisotopic (exact) mass is 380 g/mol. The lowest BCUT2D eigenvalue weighted by molar-refractivity contribution is -0.135. The van der Waals surface area contributed by atoms with Crippen molar-refractivity contribution in [2.75, 3.05) is 19.7 Å². The van der Waals surface area contributed by atoms with Crippen LogP contribution in [0.1, 0.15) is 45.4 Å². The van der Waals surface area contributed by atoms with Crippen molar-refractivity contribution in [1.29, 1.82) is 0 Å². The predicted octanol–water partition coefficient (Wildman–Crippen LogP) is 0.974. The first-order valence-electron chi connectivity index (χ1n) is 10.9. The third-order valence-electron chi connectivity index (χ3n) is 7.84. The molecule has 0 spiro atoms. The third kappa shape index (κ3) is 3.30. The summed E-state index contributed by atoms with van der Waals surface area (Å²) in [5, 5.41) is 3.49. The van der Waals surface area contributed by atoms with Crippen LogP contribution in [0.15, 0.2) is 0 Å². The first-order chi connectivity index (χ1) is 13.1. The number of piperidine rings is 1. The van der Waals surface area contributed by atoms with E-state index in [2.05, 4.69) is 28.0 Å². The number of nitrogens with zero attached hydrogens (tertiary/aromatic N) is 1. The maximum absolute atomic E-state index is 13.9. The molecule has 0 aromatic rings. The average Bonchev–Trinajstić information content (AvgIpc) is 3.38. The number of rotatable bonds is 2. The number of hydrazine groups is 1. The van der Waals surface area contributed by atoms with E-state index in [-0.39, 0.29) is 24.1 Å². The Balaban J connectivity index is 1.23. The molecule has 4 saturated heterocycles. The van der Waals surface area contributed by atoms with Crippen LogP contribution in [0.5, 0.6) is 0 Å². The highest BCUT2D eigenvalue weighted by Crippen LogP contribution is 2.39. The summed E-state index contributed by atoms with van der Waals surface area (Å²) in [6.07, 6.45) is 4.84. The molecule has 152 valence electrons. The molecule has 0 aromatic heterocycles. The summed E-state index contributed by atoms with van der Waals surface area (Å²) in [5.74, 6) is 1.44. The summed E-state index contributed by atoms with van der Waals surface area (Å²) in [6, 6.07) is 0.756. The Hall–Kier alpha value is -0.760. The summed E-state index contributed by atoms with van der Waals surface area (Å²) >= 11 is 0. The Morgan fingerprint density at radius 1 is 1.11 bits per heavy atom. The first-order valence-corrected chi connectivity index (χ1v) is 10.9. The van der Waals surface area contributed by atoms with E-state index in [0.29, 0.717) is 42.7 Å². The zero-order valence-corrected chi connectivity index (χ0v) is 16.2. The number of alkyl halides is 1. The van der Waals surface area contributed by atoms with E-state index in [4.69, 9.17) is 4.74 Å². The van der Waals surface area contributed by atoms with Crippen molar-refractivity contribution in [3.8, 4) is 0 Å². The molecule has 9 atom stereocenters. The topological polar surface area (TPSA) is 65.6 Å². The van der Waals surface area contributed by atoms with E-state index >= 15 is 0 Å².